The zero-order valence-electron chi connectivity index (χ0n) is 19.2. The van der Waals surface area contributed by atoms with Gasteiger partial charge >= 0.3 is 11.2 Å². The standard InChI is InChI=1S/C30H21N3O3/c34-30-29(33(35)36)27(24-17-9-3-10-18-24)26(23-15-7-2-8-16-23)28(25-19-11-4-12-20-25)32(30)31-21-22-13-5-1-6-14-22/h1-21H/b31-21+. The molecule has 6 nitrogen and oxygen atoms in total. The van der Waals surface area contributed by atoms with Gasteiger partial charge < -0.3 is 0 Å². The van der Waals surface area contributed by atoms with Crippen molar-refractivity contribution in [3.05, 3.63) is 147 Å². The molecule has 0 aliphatic carbocycles. The Morgan fingerprint density at radius 2 is 1.08 bits per heavy atom. The number of nitro groups is 1. The van der Waals surface area contributed by atoms with E-state index < -0.39 is 16.2 Å². The summed E-state index contributed by atoms with van der Waals surface area (Å²) in [6.45, 7) is 0. The summed E-state index contributed by atoms with van der Waals surface area (Å²) in [5, 5.41) is 16.9. The van der Waals surface area contributed by atoms with Crippen molar-refractivity contribution in [1.82, 2.24) is 4.68 Å². The van der Waals surface area contributed by atoms with Crippen LogP contribution in [0.15, 0.2) is 131 Å². The zero-order valence-corrected chi connectivity index (χ0v) is 19.2. The summed E-state index contributed by atoms with van der Waals surface area (Å²) in [7, 11) is 0. The smallest absolute Gasteiger partial charge is 0.259 e. The van der Waals surface area contributed by atoms with Crippen molar-refractivity contribution in [3.8, 4) is 33.5 Å². The molecule has 0 radical (unpaired) electrons. The van der Waals surface area contributed by atoms with Crippen LogP contribution in [0.4, 0.5) is 5.69 Å². The van der Waals surface area contributed by atoms with Crippen LogP contribution in [0.3, 0.4) is 0 Å². The Morgan fingerprint density at radius 3 is 1.58 bits per heavy atom. The average Bonchev–Trinajstić information content (AvgIpc) is 2.93. The van der Waals surface area contributed by atoms with Gasteiger partial charge in [-0.25, -0.2) is 0 Å². The van der Waals surface area contributed by atoms with Gasteiger partial charge in [-0.3, -0.25) is 14.9 Å². The minimum absolute atomic E-state index is 0.266. The topological polar surface area (TPSA) is 77.5 Å². The summed E-state index contributed by atoms with van der Waals surface area (Å²) in [5.41, 5.74) is 2.77. The fourth-order valence-electron chi connectivity index (χ4n) is 4.23. The first-order valence-electron chi connectivity index (χ1n) is 11.4. The Morgan fingerprint density at radius 1 is 0.639 bits per heavy atom. The largest absolute Gasteiger partial charge is 0.350 e. The molecule has 0 amide bonds. The second-order valence-electron chi connectivity index (χ2n) is 8.07. The summed E-state index contributed by atoms with van der Waals surface area (Å²) < 4.78 is 1.15. The van der Waals surface area contributed by atoms with Crippen LogP contribution in [-0.2, 0) is 0 Å². The van der Waals surface area contributed by atoms with Crippen molar-refractivity contribution in [2.75, 3.05) is 0 Å². The van der Waals surface area contributed by atoms with Gasteiger partial charge in [-0.15, -0.1) is 0 Å². The van der Waals surface area contributed by atoms with Crippen molar-refractivity contribution < 1.29 is 4.92 Å². The predicted octanol–water partition coefficient (Wildman–Crippen LogP) is 6.64. The van der Waals surface area contributed by atoms with Gasteiger partial charge in [0, 0.05) is 11.1 Å². The Labute approximate surface area is 207 Å². The maximum absolute atomic E-state index is 13.8. The molecular formula is C30H21N3O3. The first kappa shape index (κ1) is 22.7. The van der Waals surface area contributed by atoms with Crippen molar-refractivity contribution in [2.45, 2.75) is 0 Å². The molecule has 6 heteroatoms. The normalized spacial score (nSPS) is 11.0. The van der Waals surface area contributed by atoms with Crippen LogP contribution in [0.5, 0.6) is 0 Å². The van der Waals surface area contributed by atoms with Crippen LogP contribution in [0, 0.1) is 10.1 Å². The summed E-state index contributed by atoms with van der Waals surface area (Å²) >= 11 is 0. The lowest BCUT2D eigenvalue weighted by molar-refractivity contribution is -0.385. The minimum atomic E-state index is -0.801. The average molecular weight is 472 g/mol. The molecule has 5 rings (SSSR count). The van der Waals surface area contributed by atoms with E-state index in [1.54, 1.807) is 24.3 Å². The van der Waals surface area contributed by atoms with E-state index in [2.05, 4.69) is 5.10 Å². The lowest BCUT2D eigenvalue weighted by Gasteiger charge is -2.19. The van der Waals surface area contributed by atoms with Gasteiger partial charge in [-0.2, -0.15) is 9.78 Å². The van der Waals surface area contributed by atoms with Crippen LogP contribution in [0.1, 0.15) is 5.56 Å². The third-order valence-corrected chi connectivity index (χ3v) is 5.81. The summed E-state index contributed by atoms with van der Waals surface area (Å²) in [4.78, 5) is 25.6. The molecule has 0 N–H and O–H groups in total. The molecule has 1 aromatic heterocycles. The van der Waals surface area contributed by atoms with Crippen LogP contribution >= 0.6 is 0 Å². The molecule has 1 heterocycles. The lowest BCUT2D eigenvalue weighted by Crippen LogP contribution is -2.24. The van der Waals surface area contributed by atoms with Crippen molar-refractivity contribution >= 4 is 11.9 Å². The van der Waals surface area contributed by atoms with Gasteiger partial charge in [0.1, 0.15) is 0 Å². The van der Waals surface area contributed by atoms with Crippen LogP contribution in [-0.4, -0.2) is 15.8 Å². The highest BCUT2D eigenvalue weighted by Crippen LogP contribution is 2.43. The van der Waals surface area contributed by atoms with Crippen LogP contribution in [0.2, 0.25) is 0 Å². The number of benzene rings is 4. The molecule has 0 atom stereocenters. The number of nitrogens with zero attached hydrogens (tertiary/aromatic N) is 3. The first-order chi connectivity index (χ1) is 17.6. The highest BCUT2D eigenvalue weighted by molar-refractivity contribution is 5.97. The van der Waals surface area contributed by atoms with E-state index in [9.17, 15) is 14.9 Å². The van der Waals surface area contributed by atoms with Crippen molar-refractivity contribution in [3.63, 3.8) is 0 Å². The summed E-state index contributed by atoms with van der Waals surface area (Å²) in [5.74, 6) is 0. The third kappa shape index (κ3) is 4.35. The molecule has 0 aliphatic rings. The van der Waals surface area contributed by atoms with Gasteiger partial charge in [0.2, 0.25) is 0 Å². The summed E-state index contributed by atoms with van der Waals surface area (Å²) in [6, 6.07) is 37.0. The molecule has 174 valence electrons. The van der Waals surface area contributed by atoms with Gasteiger partial charge in [-0.1, -0.05) is 121 Å². The SMILES string of the molecule is O=c1c([N+](=O)[O-])c(-c2ccccc2)c(-c2ccccc2)c(-c2ccccc2)n1/N=C/c1ccccc1. The second kappa shape index (κ2) is 10.0. The van der Waals surface area contributed by atoms with Crippen LogP contribution in [0.25, 0.3) is 33.5 Å². The molecule has 36 heavy (non-hydrogen) atoms. The molecule has 0 aliphatic heterocycles. The Balaban J connectivity index is 1.97. The predicted molar refractivity (Wildman–Crippen MR) is 143 cm³/mol. The number of aromatic nitrogens is 1. The monoisotopic (exact) mass is 471 g/mol. The van der Waals surface area contributed by atoms with E-state index in [-0.39, 0.29) is 5.56 Å². The van der Waals surface area contributed by atoms with Crippen molar-refractivity contribution in [2.24, 2.45) is 5.10 Å². The van der Waals surface area contributed by atoms with E-state index in [0.29, 0.717) is 22.4 Å². The van der Waals surface area contributed by atoms with E-state index in [0.717, 1.165) is 15.8 Å². The number of pyridine rings is 1. The Bertz CT molecular complexity index is 1600. The van der Waals surface area contributed by atoms with Gasteiger partial charge in [-0.05, 0) is 16.7 Å². The summed E-state index contributed by atoms with van der Waals surface area (Å²) in [6.07, 6.45) is 1.54. The molecule has 0 saturated heterocycles. The highest BCUT2D eigenvalue weighted by Gasteiger charge is 2.31. The highest BCUT2D eigenvalue weighted by atomic mass is 16.6. The fraction of sp³-hybridized carbons (Fsp3) is 0. The Kier molecular flexibility index (Phi) is 6.32. The van der Waals surface area contributed by atoms with Gasteiger partial charge in [0.25, 0.3) is 0 Å². The van der Waals surface area contributed by atoms with E-state index in [4.69, 9.17) is 0 Å². The number of rotatable bonds is 6. The fourth-order valence-corrected chi connectivity index (χ4v) is 4.23. The van der Waals surface area contributed by atoms with E-state index in [1.165, 1.54) is 6.21 Å². The van der Waals surface area contributed by atoms with Gasteiger partial charge in [0.15, 0.2) is 0 Å². The van der Waals surface area contributed by atoms with Crippen LogP contribution < -0.4 is 5.56 Å². The third-order valence-electron chi connectivity index (χ3n) is 5.81. The maximum atomic E-state index is 13.8. The first-order valence-corrected chi connectivity index (χ1v) is 11.4. The number of hydrogen-bond acceptors (Lipinski definition) is 4. The van der Waals surface area contributed by atoms with Gasteiger partial charge in [0.05, 0.1) is 22.4 Å². The molecule has 0 unspecified atom stereocenters. The lowest BCUT2D eigenvalue weighted by atomic mass is 9.90. The second-order valence-corrected chi connectivity index (χ2v) is 8.07. The quantitative estimate of drug-likeness (QED) is 0.158. The number of hydrogen-bond donors (Lipinski definition) is 0. The molecule has 0 fully saturated rings. The van der Waals surface area contributed by atoms with E-state index >= 15 is 0 Å². The molecular weight excluding hydrogens is 450 g/mol. The Hall–Kier alpha value is -5.10. The van der Waals surface area contributed by atoms with Crippen molar-refractivity contribution in [1.29, 1.82) is 0 Å². The molecule has 0 bridgehead atoms. The molecule has 5 aromatic rings. The molecule has 4 aromatic carbocycles. The van der Waals surface area contributed by atoms with E-state index in [1.807, 2.05) is 97.1 Å². The zero-order chi connectivity index (χ0) is 24.9. The maximum Gasteiger partial charge on any atom is 0.350 e. The molecule has 0 saturated carbocycles. The molecule has 0 spiro atoms. The minimum Gasteiger partial charge on any atom is -0.259 e.